The molecule has 2 aliphatic carbocycles. The van der Waals surface area contributed by atoms with Gasteiger partial charge in [-0.1, -0.05) is 0 Å². The molecule has 1 heterocycles. The van der Waals surface area contributed by atoms with Crippen LogP contribution in [0.3, 0.4) is 0 Å². The van der Waals surface area contributed by atoms with Gasteiger partial charge in [-0.15, -0.1) is 0 Å². The van der Waals surface area contributed by atoms with E-state index >= 15 is 0 Å². The maximum absolute atomic E-state index is 11.9. The van der Waals surface area contributed by atoms with Gasteiger partial charge in [-0.2, -0.15) is 4.31 Å². The Morgan fingerprint density at radius 2 is 1.92 bits per heavy atom. The second kappa shape index (κ2) is 6.20. The summed E-state index contributed by atoms with van der Waals surface area (Å²) in [4.78, 5) is 51.6. The number of hydrogen-bond donors (Lipinski definition) is 6. The maximum atomic E-state index is 11.9. The molecule has 0 spiro atoms. The average molecular weight is 414 g/mol. The molecule has 146 valence electrons. The molecule has 13 nitrogen and oxygen atoms in total. The Morgan fingerprint density at radius 3 is 2.50 bits per heavy atom. The third-order valence-corrected chi connectivity index (χ3v) is 6.86. The van der Waals surface area contributed by atoms with Crippen LogP contribution in [0.4, 0.5) is 0 Å². The highest BCUT2D eigenvalue weighted by Crippen LogP contribution is 2.69. The van der Waals surface area contributed by atoms with Crippen LogP contribution in [0.5, 0.6) is 0 Å². The van der Waals surface area contributed by atoms with Crippen molar-refractivity contribution in [3.8, 4) is 0 Å². The van der Waals surface area contributed by atoms with E-state index in [4.69, 9.17) is 9.79 Å². The number of hydrogen-bond acceptors (Lipinski definition) is 8. The van der Waals surface area contributed by atoms with E-state index in [-0.39, 0.29) is 6.42 Å². The first-order valence-electron chi connectivity index (χ1n) is 7.28. The van der Waals surface area contributed by atoms with Gasteiger partial charge in [0.05, 0.1) is 18.8 Å². The molecule has 0 aliphatic heterocycles. The van der Waals surface area contributed by atoms with Gasteiger partial charge >= 0.3 is 21.3 Å². The zero-order valence-corrected chi connectivity index (χ0v) is 14.7. The molecule has 26 heavy (non-hydrogen) atoms. The molecule has 6 N–H and O–H groups in total. The van der Waals surface area contributed by atoms with E-state index in [1.54, 1.807) is 0 Å². The number of fused-ring (bicyclic) bond motifs is 1. The molecule has 1 aromatic rings. The zero-order valence-electron chi connectivity index (χ0n) is 12.9. The summed E-state index contributed by atoms with van der Waals surface area (Å²) in [6, 6.07) is 0.147. The van der Waals surface area contributed by atoms with Gasteiger partial charge in [0.15, 0.2) is 0 Å². The first kappa shape index (κ1) is 19.6. The molecule has 3 rings (SSSR count). The number of nitrogens with one attached hydrogen (secondary N) is 1. The van der Waals surface area contributed by atoms with Crippen LogP contribution in [-0.4, -0.2) is 53.3 Å². The van der Waals surface area contributed by atoms with Crippen LogP contribution in [0.1, 0.15) is 12.5 Å². The fourth-order valence-electron chi connectivity index (χ4n) is 3.55. The van der Waals surface area contributed by atoms with Gasteiger partial charge in [0.1, 0.15) is 6.10 Å². The largest absolute Gasteiger partial charge is 0.481 e. The second-order valence-corrected chi connectivity index (χ2v) is 9.13. The Hall–Kier alpha value is -1.14. The topological polar surface area (TPSA) is 209 Å². The third-order valence-electron chi connectivity index (χ3n) is 4.73. The second-order valence-electron chi connectivity index (χ2n) is 6.30. The highest BCUT2D eigenvalue weighted by Gasteiger charge is 2.72. The lowest BCUT2D eigenvalue weighted by Gasteiger charge is -2.24. The first-order valence-corrected chi connectivity index (χ1v) is 10.3. The van der Waals surface area contributed by atoms with Crippen molar-refractivity contribution in [1.82, 2.24) is 9.55 Å². The Bertz CT molecular complexity index is 921. The van der Waals surface area contributed by atoms with Gasteiger partial charge in [0, 0.05) is 17.7 Å². The van der Waals surface area contributed by atoms with Crippen LogP contribution in [0.25, 0.3) is 0 Å². The van der Waals surface area contributed by atoms with Crippen LogP contribution < -0.4 is 11.2 Å². The summed E-state index contributed by atoms with van der Waals surface area (Å²) in [7, 11) is -10.4. The number of H-pyrrole nitrogens is 1. The quantitative estimate of drug-likeness (QED) is 0.282. The lowest BCUT2D eigenvalue weighted by molar-refractivity contribution is -0.0306. The molecule has 0 aromatic carbocycles. The molecule has 1 aromatic heterocycles. The van der Waals surface area contributed by atoms with Crippen molar-refractivity contribution in [2.24, 2.45) is 11.3 Å². The van der Waals surface area contributed by atoms with E-state index in [0.29, 0.717) is 0 Å². The normalized spacial score (nSPS) is 35.7. The SMILES string of the molecule is O=c1ccn(C2C(O)C(O)C3(COP(=O)(O)OP(=O)(O)O)CC23)c(=O)[nH]1. The van der Waals surface area contributed by atoms with E-state index in [9.17, 15) is 33.8 Å². The molecule has 0 saturated heterocycles. The lowest BCUT2D eigenvalue weighted by Crippen LogP contribution is -2.40. The molecule has 15 heteroatoms. The minimum atomic E-state index is -5.28. The number of aliphatic hydroxyl groups is 2. The highest BCUT2D eigenvalue weighted by molar-refractivity contribution is 7.60. The van der Waals surface area contributed by atoms with E-state index in [1.807, 2.05) is 4.98 Å². The van der Waals surface area contributed by atoms with E-state index in [1.165, 1.54) is 0 Å². The third kappa shape index (κ3) is 3.50. The Labute approximate surface area is 144 Å². The molecule has 0 radical (unpaired) electrons. The molecular weight excluding hydrogens is 398 g/mol. The van der Waals surface area contributed by atoms with E-state index in [2.05, 4.69) is 8.83 Å². The number of phosphoric acid groups is 2. The fraction of sp³-hybridized carbons (Fsp3) is 0.636. The summed E-state index contributed by atoms with van der Waals surface area (Å²) in [5, 5.41) is 20.5. The number of nitrogens with zero attached hydrogens (tertiary/aromatic N) is 1. The molecule has 6 unspecified atom stereocenters. The van der Waals surface area contributed by atoms with Gasteiger partial charge in [-0.25, -0.2) is 13.9 Å². The number of aromatic nitrogens is 2. The summed E-state index contributed by atoms with van der Waals surface area (Å²) >= 11 is 0. The van der Waals surface area contributed by atoms with E-state index < -0.39 is 63.1 Å². The standard InChI is InChI=1S/C11H16N2O11P2/c14-6-1-2-13(10(17)12-6)7-5-3-11(5,9(16)8(7)15)4-23-26(21,22)24-25(18,19)20/h1-2,5,7-9,15-16H,3-4H2,(H,21,22)(H,12,14,17)(H2,18,19,20). The predicted octanol–water partition coefficient (Wildman–Crippen LogP) is -1.95. The monoisotopic (exact) mass is 414 g/mol. The molecule has 0 amide bonds. The number of aliphatic hydroxyl groups excluding tert-OH is 2. The van der Waals surface area contributed by atoms with Crippen LogP contribution in [0, 0.1) is 11.3 Å². The van der Waals surface area contributed by atoms with Gasteiger partial charge in [0.2, 0.25) is 0 Å². The van der Waals surface area contributed by atoms with Crippen LogP contribution in [-0.2, 0) is 18.0 Å². The van der Waals surface area contributed by atoms with Gasteiger partial charge in [-0.05, 0) is 12.3 Å². The minimum absolute atomic E-state index is 0.206. The Balaban J connectivity index is 1.79. The van der Waals surface area contributed by atoms with Crippen LogP contribution >= 0.6 is 15.6 Å². The van der Waals surface area contributed by atoms with Crippen molar-refractivity contribution in [2.75, 3.05) is 6.61 Å². The van der Waals surface area contributed by atoms with Crippen LogP contribution in [0.2, 0.25) is 0 Å². The summed E-state index contributed by atoms with van der Waals surface area (Å²) in [5.74, 6) is -0.536. The fourth-order valence-corrected chi connectivity index (χ4v) is 5.22. The number of rotatable bonds is 6. The van der Waals surface area contributed by atoms with Gasteiger partial charge in [-0.3, -0.25) is 18.9 Å². The van der Waals surface area contributed by atoms with Crippen molar-refractivity contribution in [3.63, 3.8) is 0 Å². The lowest BCUT2D eigenvalue weighted by atomic mass is 10.0. The van der Waals surface area contributed by atoms with Gasteiger partial charge in [0.25, 0.3) is 5.56 Å². The molecular formula is C11H16N2O11P2. The molecule has 6 atom stereocenters. The maximum Gasteiger partial charge on any atom is 0.481 e. The average Bonchev–Trinajstić information content (AvgIpc) is 3.15. The molecule has 2 saturated carbocycles. The van der Waals surface area contributed by atoms with Crippen LogP contribution in [0.15, 0.2) is 21.9 Å². The Kier molecular flexibility index (Phi) is 4.67. The van der Waals surface area contributed by atoms with Crippen molar-refractivity contribution in [2.45, 2.75) is 24.7 Å². The molecule has 2 aliphatic rings. The molecule has 0 bridgehead atoms. The minimum Gasteiger partial charge on any atom is -0.390 e. The van der Waals surface area contributed by atoms with Crippen molar-refractivity contribution in [3.05, 3.63) is 33.1 Å². The Morgan fingerprint density at radius 1 is 1.27 bits per heavy atom. The zero-order chi connectivity index (χ0) is 19.5. The first-order chi connectivity index (χ1) is 11.9. The summed E-state index contributed by atoms with van der Waals surface area (Å²) in [5.41, 5.74) is -2.63. The summed E-state index contributed by atoms with van der Waals surface area (Å²) in [6.45, 7) is -0.641. The van der Waals surface area contributed by atoms with Crippen molar-refractivity contribution < 1.29 is 42.9 Å². The highest BCUT2D eigenvalue weighted by atomic mass is 31.3. The number of phosphoric ester groups is 1. The van der Waals surface area contributed by atoms with Gasteiger partial charge < -0.3 is 24.9 Å². The summed E-state index contributed by atoms with van der Waals surface area (Å²) in [6.07, 6.45) is -1.50. The summed E-state index contributed by atoms with van der Waals surface area (Å²) < 4.78 is 31.5. The predicted molar refractivity (Wildman–Crippen MR) is 81.8 cm³/mol. The number of aromatic amines is 1. The van der Waals surface area contributed by atoms with E-state index in [0.717, 1.165) is 16.8 Å². The molecule has 2 fully saturated rings. The van der Waals surface area contributed by atoms with Crippen molar-refractivity contribution in [1.29, 1.82) is 0 Å². The smallest absolute Gasteiger partial charge is 0.390 e. The van der Waals surface area contributed by atoms with Crippen molar-refractivity contribution >= 4 is 15.6 Å².